The fraction of sp³-hybridized carbons (Fsp3) is 0.467. The molecule has 0 aromatic heterocycles. The summed E-state index contributed by atoms with van der Waals surface area (Å²) in [5.74, 6) is -0.872. The number of ether oxygens (including phenoxy) is 1. The number of hydrogen-bond donors (Lipinski definition) is 3. The normalized spacial score (nSPS) is 13.3. The molecule has 3 N–H and O–H groups in total. The third-order valence-electron chi connectivity index (χ3n) is 5.96. The Bertz CT molecular complexity index is 1040. The van der Waals surface area contributed by atoms with E-state index in [9.17, 15) is 19.2 Å². The Morgan fingerprint density at radius 2 is 1.11 bits per heavy atom. The minimum Gasteiger partial charge on any atom is -0.445 e. The second kappa shape index (κ2) is 15.5. The van der Waals surface area contributed by atoms with Crippen LogP contribution < -0.4 is 16.0 Å². The monoisotopic (exact) mass is 523 g/mol. The summed E-state index contributed by atoms with van der Waals surface area (Å²) < 4.78 is 5.30. The molecule has 8 nitrogen and oxygen atoms in total. The quantitative estimate of drug-likeness (QED) is 0.344. The van der Waals surface area contributed by atoms with E-state index in [0.717, 1.165) is 11.1 Å². The van der Waals surface area contributed by atoms with Gasteiger partial charge < -0.3 is 20.7 Å². The van der Waals surface area contributed by atoms with E-state index in [0.29, 0.717) is 19.3 Å². The average Bonchev–Trinajstić information content (AvgIpc) is 2.86. The largest absolute Gasteiger partial charge is 0.445 e. The van der Waals surface area contributed by atoms with Gasteiger partial charge in [-0.25, -0.2) is 4.79 Å². The lowest BCUT2D eigenvalue weighted by atomic mass is 9.99. The number of nitrogens with one attached hydrogen (secondary N) is 3. The molecule has 3 amide bonds. The van der Waals surface area contributed by atoms with Crippen LogP contribution in [0, 0.1) is 11.8 Å². The van der Waals surface area contributed by atoms with E-state index in [4.69, 9.17) is 4.74 Å². The van der Waals surface area contributed by atoms with Crippen LogP contribution in [0.25, 0.3) is 0 Å². The minimum atomic E-state index is -0.881. The van der Waals surface area contributed by atoms with Crippen molar-refractivity contribution in [2.24, 2.45) is 11.8 Å². The predicted molar refractivity (Wildman–Crippen MR) is 147 cm³/mol. The average molecular weight is 524 g/mol. The SMILES string of the molecule is CC(=O)[C@H](Cc1ccccc1)NC(=O)[C@H](CC(C)C)NC(=O)[C@H](CC(C)C)NC(=O)OCc1ccccc1. The molecule has 2 aromatic carbocycles. The first-order chi connectivity index (χ1) is 18.0. The fourth-order valence-electron chi connectivity index (χ4n) is 4.00. The Labute approximate surface area is 225 Å². The molecule has 0 aliphatic carbocycles. The number of benzene rings is 2. The number of carbonyl (C=O) groups excluding carboxylic acids is 4. The summed E-state index contributed by atoms with van der Waals surface area (Å²) in [6.07, 6.45) is 0.390. The summed E-state index contributed by atoms with van der Waals surface area (Å²) in [5.41, 5.74) is 1.75. The zero-order valence-electron chi connectivity index (χ0n) is 23.0. The molecule has 0 bridgehead atoms. The van der Waals surface area contributed by atoms with E-state index in [1.165, 1.54) is 6.92 Å². The van der Waals surface area contributed by atoms with E-state index >= 15 is 0 Å². The summed E-state index contributed by atoms with van der Waals surface area (Å²) in [5, 5.41) is 8.28. The van der Waals surface area contributed by atoms with Crippen molar-refractivity contribution in [1.29, 1.82) is 0 Å². The molecular formula is C30H41N3O5. The highest BCUT2D eigenvalue weighted by Crippen LogP contribution is 2.11. The van der Waals surface area contributed by atoms with Gasteiger partial charge in [-0.1, -0.05) is 88.4 Å². The molecule has 0 radical (unpaired) electrons. The van der Waals surface area contributed by atoms with Crippen molar-refractivity contribution in [3.63, 3.8) is 0 Å². The Kier molecular flexibility index (Phi) is 12.5. The van der Waals surface area contributed by atoms with Crippen molar-refractivity contribution in [2.45, 2.75) is 78.6 Å². The molecule has 2 aromatic rings. The van der Waals surface area contributed by atoms with Gasteiger partial charge in [-0.3, -0.25) is 14.4 Å². The first kappa shape index (κ1) is 30.5. The highest BCUT2D eigenvalue weighted by molar-refractivity contribution is 5.93. The van der Waals surface area contributed by atoms with Gasteiger partial charge in [0.25, 0.3) is 0 Å². The standard InChI is InChI=1S/C30H41N3O5/c1-20(2)16-26(28(35)31-25(22(5)34)18-23-12-8-6-9-13-23)32-29(36)27(17-21(3)4)33-30(37)38-19-24-14-10-7-11-15-24/h6-15,20-21,25-27H,16-19H2,1-5H3,(H,31,35)(H,32,36)(H,33,37)/t25-,26-,27-/m0/s1. The Hall–Kier alpha value is -3.68. The predicted octanol–water partition coefficient (Wildman–Crippen LogP) is 4.17. The van der Waals surface area contributed by atoms with Crippen LogP contribution in [0.15, 0.2) is 60.7 Å². The number of Topliss-reactive ketones (excluding diaryl/α,β-unsaturated/α-hetero) is 1. The van der Waals surface area contributed by atoms with Gasteiger partial charge in [0.05, 0.1) is 6.04 Å². The van der Waals surface area contributed by atoms with E-state index < -0.39 is 36.0 Å². The van der Waals surface area contributed by atoms with Crippen LogP contribution >= 0.6 is 0 Å². The van der Waals surface area contributed by atoms with Crippen molar-refractivity contribution in [2.75, 3.05) is 0 Å². The maximum Gasteiger partial charge on any atom is 0.408 e. The second-order valence-corrected chi connectivity index (χ2v) is 10.4. The molecule has 206 valence electrons. The Balaban J connectivity index is 2.07. The van der Waals surface area contributed by atoms with Gasteiger partial charge in [-0.05, 0) is 49.1 Å². The van der Waals surface area contributed by atoms with Crippen molar-refractivity contribution < 1.29 is 23.9 Å². The molecule has 0 spiro atoms. The van der Waals surface area contributed by atoms with Crippen molar-refractivity contribution in [3.8, 4) is 0 Å². The lowest BCUT2D eigenvalue weighted by Crippen LogP contribution is -2.56. The molecule has 0 aliphatic heterocycles. The van der Waals surface area contributed by atoms with Gasteiger partial charge in [0.2, 0.25) is 11.8 Å². The van der Waals surface area contributed by atoms with Crippen LogP contribution in [0.4, 0.5) is 4.79 Å². The molecule has 0 unspecified atom stereocenters. The summed E-state index contributed by atoms with van der Waals surface area (Å²) >= 11 is 0. The van der Waals surface area contributed by atoms with Crippen molar-refractivity contribution in [1.82, 2.24) is 16.0 Å². The van der Waals surface area contributed by atoms with E-state index in [-0.39, 0.29) is 24.2 Å². The number of alkyl carbamates (subject to hydrolysis) is 1. The van der Waals surface area contributed by atoms with Crippen LogP contribution in [0.5, 0.6) is 0 Å². The maximum atomic E-state index is 13.3. The first-order valence-corrected chi connectivity index (χ1v) is 13.2. The van der Waals surface area contributed by atoms with Gasteiger partial charge >= 0.3 is 6.09 Å². The number of rotatable bonds is 14. The molecule has 8 heteroatoms. The molecule has 2 rings (SSSR count). The first-order valence-electron chi connectivity index (χ1n) is 13.2. The van der Waals surface area contributed by atoms with Gasteiger partial charge in [0.15, 0.2) is 5.78 Å². The fourth-order valence-corrected chi connectivity index (χ4v) is 4.00. The van der Waals surface area contributed by atoms with Gasteiger partial charge in [0.1, 0.15) is 18.7 Å². The van der Waals surface area contributed by atoms with Crippen LogP contribution in [0.2, 0.25) is 0 Å². The topological polar surface area (TPSA) is 114 Å². The van der Waals surface area contributed by atoms with Crippen LogP contribution in [-0.4, -0.2) is 41.8 Å². The molecule has 0 saturated carbocycles. The number of carbonyl (C=O) groups is 4. The molecule has 0 fully saturated rings. The summed E-state index contributed by atoms with van der Waals surface area (Å²) in [7, 11) is 0. The smallest absolute Gasteiger partial charge is 0.408 e. The summed E-state index contributed by atoms with van der Waals surface area (Å²) in [6.45, 7) is 9.29. The van der Waals surface area contributed by atoms with Crippen molar-refractivity contribution in [3.05, 3.63) is 71.8 Å². The molecule has 3 atom stereocenters. The Morgan fingerprint density at radius 1 is 0.658 bits per heavy atom. The van der Waals surface area contributed by atoms with E-state index in [1.807, 2.05) is 88.4 Å². The Morgan fingerprint density at radius 3 is 1.58 bits per heavy atom. The highest BCUT2D eigenvalue weighted by atomic mass is 16.5. The third kappa shape index (κ3) is 11.2. The maximum absolute atomic E-state index is 13.3. The highest BCUT2D eigenvalue weighted by Gasteiger charge is 2.30. The molecule has 0 saturated heterocycles. The minimum absolute atomic E-state index is 0.0783. The lowest BCUT2D eigenvalue weighted by Gasteiger charge is -2.26. The van der Waals surface area contributed by atoms with Crippen LogP contribution in [-0.2, 0) is 32.1 Å². The number of hydrogen-bond acceptors (Lipinski definition) is 5. The molecule has 0 aliphatic rings. The molecule has 38 heavy (non-hydrogen) atoms. The summed E-state index contributed by atoms with van der Waals surface area (Å²) in [4.78, 5) is 51.3. The van der Waals surface area contributed by atoms with Crippen molar-refractivity contribution >= 4 is 23.7 Å². The van der Waals surface area contributed by atoms with Gasteiger partial charge in [0, 0.05) is 0 Å². The van der Waals surface area contributed by atoms with Gasteiger partial charge in [-0.2, -0.15) is 0 Å². The molecular weight excluding hydrogens is 482 g/mol. The zero-order chi connectivity index (χ0) is 28.1. The molecule has 0 heterocycles. The number of amides is 3. The van der Waals surface area contributed by atoms with Gasteiger partial charge in [-0.15, -0.1) is 0 Å². The van der Waals surface area contributed by atoms with E-state index in [1.54, 1.807) is 0 Å². The summed E-state index contributed by atoms with van der Waals surface area (Å²) in [6, 6.07) is 16.2. The van der Waals surface area contributed by atoms with E-state index in [2.05, 4.69) is 16.0 Å². The zero-order valence-corrected chi connectivity index (χ0v) is 23.0. The van der Waals surface area contributed by atoms with Crippen LogP contribution in [0.1, 0.15) is 58.6 Å². The lowest BCUT2D eigenvalue weighted by molar-refractivity contribution is -0.132. The number of ketones is 1. The second-order valence-electron chi connectivity index (χ2n) is 10.4. The third-order valence-corrected chi connectivity index (χ3v) is 5.96. The van der Waals surface area contributed by atoms with Crippen LogP contribution in [0.3, 0.4) is 0 Å².